The van der Waals surface area contributed by atoms with Crippen LogP contribution in [0.4, 0.5) is 18.9 Å². The Labute approximate surface area is 205 Å². The molecule has 3 aromatic rings. The van der Waals surface area contributed by atoms with Gasteiger partial charge in [-0.15, -0.1) is 0 Å². The van der Waals surface area contributed by atoms with E-state index >= 15 is 0 Å². The van der Waals surface area contributed by atoms with Crippen LogP contribution in [0.15, 0.2) is 77.7 Å². The third-order valence-electron chi connectivity index (χ3n) is 5.98. The van der Waals surface area contributed by atoms with E-state index in [-0.39, 0.29) is 42.4 Å². The molecule has 1 aliphatic heterocycles. The summed E-state index contributed by atoms with van der Waals surface area (Å²) in [4.78, 5) is 41.6. The summed E-state index contributed by atoms with van der Waals surface area (Å²) in [7, 11) is 0. The fourth-order valence-corrected chi connectivity index (χ4v) is 4.12. The Bertz CT molecular complexity index is 1280. The number of alkyl halides is 3. The summed E-state index contributed by atoms with van der Waals surface area (Å²) >= 11 is 0. The van der Waals surface area contributed by atoms with E-state index in [1.807, 2.05) is 30.3 Å². The van der Waals surface area contributed by atoms with Crippen LogP contribution < -0.4 is 10.9 Å². The summed E-state index contributed by atoms with van der Waals surface area (Å²) in [5, 5.41) is 2.33. The third kappa shape index (κ3) is 6.01. The summed E-state index contributed by atoms with van der Waals surface area (Å²) < 4.78 is 41.0. The molecular formula is C26H25F3N4O3. The van der Waals surface area contributed by atoms with Crippen molar-refractivity contribution in [2.24, 2.45) is 0 Å². The highest BCUT2D eigenvalue weighted by Gasteiger charge is 2.33. The molecule has 1 N–H and O–H groups in total. The number of halogens is 3. The maximum Gasteiger partial charge on any atom is 0.418 e. The first kappa shape index (κ1) is 25.2. The Hall–Kier alpha value is -3.92. The molecule has 7 nitrogen and oxygen atoms in total. The Morgan fingerprint density at radius 3 is 2.22 bits per heavy atom. The highest BCUT2D eigenvalue weighted by molar-refractivity contribution is 5.94. The molecule has 0 saturated carbocycles. The van der Waals surface area contributed by atoms with E-state index in [0.29, 0.717) is 19.6 Å². The second-order valence-corrected chi connectivity index (χ2v) is 8.50. The van der Waals surface area contributed by atoms with E-state index in [1.165, 1.54) is 28.8 Å². The SMILES string of the molecule is O=C(CN1CCN(C(=O)c2cccn(Cc3ccccc3)c2=O)CC1)Nc1ccccc1C(F)(F)F. The first-order chi connectivity index (χ1) is 17.2. The molecule has 1 fully saturated rings. The molecule has 36 heavy (non-hydrogen) atoms. The summed E-state index contributed by atoms with van der Waals surface area (Å²) in [6, 6.07) is 17.4. The number of anilines is 1. The monoisotopic (exact) mass is 498 g/mol. The molecule has 0 spiro atoms. The fourth-order valence-electron chi connectivity index (χ4n) is 4.12. The fraction of sp³-hybridized carbons (Fsp3) is 0.269. The first-order valence-corrected chi connectivity index (χ1v) is 11.4. The van der Waals surface area contributed by atoms with Gasteiger partial charge in [0, 0.05) is 32.4 Å². The zero-order valence-corrected chi connectivity index (χ0v) is 19.4. The van der Waals surface area contributed by atoms with Gasteiger partial charge in [-0.25, -0.2) is 0 Å². The van der Waals surface area contributed by atoms with Crippen LogP contribution in [0.3, 0.4) is 0 Å². The molecule has 1 aromatic heterocycles. The summed E-state index contributed by atoms with van der Waals surface area (Å²) in [6.45, 7) is 1.53. The lowest BCUT2D eigenvalue weighted by molar-refractivity contribution is -0.137. The number of piperazine rings is 1. The lowest BCUT2D eigenvalue weighted by Gasteiger charge is -2.34. The Morgan fingerprint density at radius 2 is 1.53 bits per heavy atom. The van der Waals surface area contributed by atoms with Crippen molar-refractivity contribution in [3.05, 3.63) is 100.0 Å². The van der Waals surface area contributed by atoms with E-state index in [1.54, 1.807) is 22.1 Å². The number of pyridine rings is 1. The Kier molecular flexibility index (Phi) is 7.54. The lowest BCUT2D eigenvalue weighted by atomic mass is 10.1. The molecule has 2 aromatic carbocycles. The van der Waals surface area contributed by atoms with Crippen LogP contribution in [0.2, 0.25) is 0 Å². The largest absolute Gasteiger partial charge is 0.418 e. The summed E-state index contributed by atoms with van der Waals surface area (Å²) in [5.74, 6) is -0.955. The Morgan fingerprint density at radius 1 is 0.861 bits per heavy atom. The molecule has 1 aliphatic rings. The van der Waals surface area contributed by atoms with Gasteiger partial charge < -0.3 is 14.8 Å². The van der Waals surface area contributed by atoms with E-state index in [4.69, 9.17) is 0 Å². The van der Waals surface area contributed by atoms with Crippen molar-refractivity contribution < 1.29 is 22.8 Å². The second kappa shape index (κ2) is 10.8. The van der Waals surface area contributed by atoms with Crippen LogP contribution in [0.25, 0.3) is 0 Å². The van der Waals surface area contributed by atoms with Crippen LogP contribution in [-0.4, -0.2) is 58.9 Å². The standard InChI is InChI=1S/C26H25F3N4O3/c27-26(28,29)21-10-4-5-11-22(21)30-23(34)18-31-13-15-32(16-14-31)24(35)20-9-6-12-33(25(20)36)17-19-7-2-1-3-8-19/h1-12H,13-18H2,(H,30,34). The molecule has 0 bridgehead atoms. The molecule has 0 unspecified atom stereocenters. The summed E-state index contributed by atoms with van der Waals surface area (Å²) in [6.07, 6.45) is -2.94. The van der Waals surface area contributed by atoms with Gasteiger partial charge in [0.05, 0.1) is 24.3 Å². The quantitative estimate of drug-likeness (QED) is 0.566. The average molecular weight is 499 g/mol. The molecule has 2 heterocycles. The van der Waals surface area contributed by atoms with Crippen molar-refractivity contribution in [1.82, 2.24) is 14.4 Å². The predicted octanol–water partition coefficient (Wildman–Crippen LogP) is 3.31. The molecular weight excluding hydrogens is 473 g/mol. The van der Waals surface area contributed by atoms with Crippen molar-refractivity contribution >= 4 is 17.5 Å². The molecule has 0 radical (unpaired) electrons. The van der Waals surface area contributed by atoms with E-state index in [2.05, 4.69) is 5.32 Å². The smallest absolute Gasteiger partial charge is 0.336 e. The predicted molar refractivity (Wildman–Crippen MR) is 129 cm³/mol. The lowest BCUT2D eigenvalue weighted by Crippen LogP contribution is -2.51. The molecule has 1 saturated heterocycles. The van der Waals surface area contributed by atoms with Crippen LogP contribution in [0.5, 0.6) is 0 Å². The number of nitrogens with one attached hydrogen (secondary N) is 1. The number of carbonyl (C=O) groups is 2. The highest BCUT2D eigenvalue weighted by atomic mass is 19.4. The zero-order chi connectivity index (χ0) is 25.7. The number of nitrogens with zero attached hydrogens (tertiary/aromatic N) is 3. The van der Waals surface area contributed by atoms with Crippen LogP contribution in [0, 0.1) is 0 Å². The summed E-state index contributed by atoms with van der Waals surface area (Å²) in [5.41, 5.74) is -0.567. The molecule has 2 amide bonds. The number of aromatic nitrogens is 1. The van der Waals surface area contributed by atoms with Gasteiger partial charge >= 0.3 is 6.18 Å². The van der Waals surface area contributed by atoms with Crippen molar-refractivity contribution in [1.29, 1.82) is 0 Å². The van der Waals surface area contributed by atoms with Crippen LogP contribution in [-0.2, 0) is 17.5 Å². The van der Waals surface area contributed by atoms with Crippen molar-refractivity contribution in [2.75, 3.05) is 38.0 Å². The maximum absolute atomic E-state index is 13.2. The number of hydrogen-bond donors (Lipinski definition) is 1. The van der Waals surface area contributed by atoms with Gasteiger partial charge in [0.1, 0.15) is 5.56 Å². The van der Waals surface area contributed by atoms with Gasteiger partial charge in [-0.1, -0.05) is 42.5 Å². The third-order valence-corrected chi connectivity index (χ3v) is 5.98. The zero-order valence-electron chi connectivity index (χ0n) is 19.4. The number of hydrogen-bond acceptors (Lipinski definition) is 4. The number of amides is 2. The van der Waals surface area contributed by atoms with E-state index < -0.39 is 17.6 Å². The number of benzene rings is 2. The highest BCUT2D eigenvalue weighted by Crippen LogP contribution is 2.34. The van der Waals surface area contributed by atoms with Gasteiger partial charge in [0.25, 0.3) is 11.5 Å². The van der Waals surface area contributed by atoms with Crippen LogP contribution in [0.1, 0.15) is 21.5 Å². The van der Waals surface area contributed by atoms with Gasteiger partial charge in [-0.05, 0) is 29.8 Å². The van der Waals surface area contributed by atoms with Gasteiger partial charge in [0.2, 0.25) is 5.91 Å². The van der Waals surface area contributed by atoms with E-state index in [9.17, 15) is 27.6 Å². The molecule has 0 atom stereocenters. The molecule has 188 valence electrons. The number of rotatable bonds is 6. The molecule has 4 rings (SSSR count). The minimum atomic E-state index is -4.58. The first-order valence-electron chi connectivity index (χ1n) is 11.4. The van der Waals surface area contributed by atoms with Crippen molar-refractivity contribution in [3.8, 4) is 0 Å². The normalized spacial score (nSPS) is 14.5. The topological polar surface area (TPSA) is 74.7 Å². The maximum atomic E-state index is 13.2. The number of para-hydroxylation sites is 1. The molecule has 10 heteroatoms. The second-order valence-electron chi connectivity index (χ2n) is 8.50. The van der Waals surface area contributed by atoms with Crippen LogP contribution >= 0.6 is 0 Å². The van der Waals surface area contributed by atoms with Gasteiger partial charge in [0.15, 0.2) is 0 Å². The average Bonchev–Trinajstić information content (AvgIpc) is 2.86. The van der Waals surface area contributed by atoms with Crippen molar-refractivity contribution in [2.45, 2.75) is 12.7 Å². The Balaban J connectivity index is 1.34. The van der Waals surface area contributed by atoms with Gasteiger partial charge in [-0.3, -0.25) is 19.3 Å². The molecule has 0 aliphatic carbocycles. The van der Waals surface area contributed by atoms with Crippen molar-refractivity contribution in [3.63, 3.8) is 0 Å². The minimum absolute atomic E-state index is 0.0726. The number of carbonyl (C=O) groups excluding carboxylic acids is 2. The van der Waals surface area contributed by atoms with E-state index in [0.717, 1.165) is 11.6 Å². The minimum Gasteiger partial charge on any atom is -0.336 e. The van der Waals surface area contributed by atoms with Gasteiger partial charge in [-0.2, -0.15) is 13.2 Å².